The van der Waals surface area contributed by atoms with Crippen LogP contribution >= 0.6 is 0 Å². The average Bonchev–Trinajstić information content (AvgIpc) is 2.16. The van der Waals surface area contributed by atoms with E-state index >= 15 is 0 Å². The maximum absolute atomic E-state index is 13.9. The Kier molecular flexibility index (Phi) is 2.65. The lowest BCUT2D eigenvalue weighted by molar-refractivity contribution is 0.0904. The summed E-state index contributed by atoms with van der Waals surface area (Å²) in [6.45, 7) is 2.90. The van der Waals surface area contributed by atoms with E-state index in [4.69, 9.17) is 4.74 Å². The molecule has 3 heteroatoms. The molecule has 1 aliphatic rings. The van der Waals surface area contributed by atoms with Crippen LogP contribution in [0.25, 0.3) is 0 Å². The van der Waals surface area contributed by atoms with Crippen LogP contribution in [-0.2, 0) is 6.42 Å². The first-order valence-corrected chi connectivity index (χ1v) is 5.16. The zero-order chi connectivity index (χ0) is 10.9. The first-order chi connectivity index (χ1) is 7.13. The fourth-order valence-electron chi connectivity index (χ4n) is 1.91. The van der Waals surface area contributed by atoms with Crippen molar-refractivity contribution in [2.75, 3.05) is 20.2 Å². The summed E-state index contributed by atoms with van der Waals surface area (Å²) in [5.41, 5.74) is 1.02. The second-order valence-corrected chi connectivity index (χ2v) is 4.25. The lowest BCUT2D eigenvalue weighted by Crippen LogP contribution is -2.57. The predicted octanol–water partition coefficient (Wildman–Crippen LogP) is 1.86. The van der Waals surface area contributed by atoms with Crippen LogP contribution in [0.3, 0.4) is 0 Å². The van der Waals surface area contributed by atoms with Crippen molar-refractivity contribution in [3.05, 3.63) is 29.3 Å². The molecule has 0 radical (unpaired) electrons. The molecule has 0 amide bonds. The summed E-state index contributed by atoms with van der Waals surface area (Å²) in [6.07, 6.45) is 0.435. The van der Waals surface area contributed by atoms with Gasteiger partial charge in [-0.3, -0.25) is 0 Å². The average molecular weight is 209 g/mol. The standard InChI is InChI=1S/C12H16FNO/c1-9-3-4-11(15-2)10(5-9)6-12(13)7-14-8-12/h3-5,14H,6-8H2,1-2H3. The SMILES string of the molecule is COc1ccc(C)cc1CC1(F)CNC1. The molecule has 2 rings (SSSR count). The molecule has 82 valence electrons. The van der Waals surface area contributed by atoms with E-state index in [1.165, 1.54) is 0 Å². The monoisotopic (exact) mass is 209 g/mol. The van der Waals surface area contributed by atoms with Gasteiger partial charge >= 0.3 is 0 Å². The lowest BCUT2D eigenvalue weighted by Gasteiger charge is -2.35. The normalized spacial score (nSPS) is 18.3. The number of halogens is 1. The fourth-order valence-corrected chi connectivity index (χ4v) is 1.91. The van der Waals surface area contributed by atoms with Crippen LogP contribution in [0.1, 0.15) is 11.1 Å². The number of methoxy groups -OCH3 is 1. The van der Waals surface area contributed by atoms with E-state index in [2.05, 4.69) is 5.32 Å². The highest BCUT2D eigenvalue weighted by Gasteiger charge is 2.37. The number of hydrogen-bond acceptors (Lipinski definition) is 2. The molecule has 15 heavy (non-hydrogen) atoms. The van der Waals surface area contributed by atoms with E-state index in [9.17, 15) is 4.39 Å². The van der Waals surface area contributed by atoms with E-state index < -0.39 is 5.67 Å². The van der Waals surface area contributed by atoms with Gasteiger partial charge in [-0.2, -0.15) is 0 Å². The van der Waals surface area contributed by atoms with Crippen molar-refractivity contribution >= 4 is 0 Å². The molecular weight excluding hydrogens is 193 g/mol. The van der Waals surface area contributed by atoms with Gasteiger partial charge in [-0.1, -0.05) is 17.7 Å². The molecule has 0 atom stereocenters. The number of rotatable bonds is 3. The Labute approximate surface area is 89.4 Å². The van der Waals surface area contributed by atoms with Gasteiger partial charge in [-0.25, -0.2) is 4.39 Å². The van der Waals surface area contributed by atoms with E-state index in [-0.39, 0.29) is 0 Å². The van der Waals surface area contributed by atoms with Crippen LogP contribution in [-0.4, -0.2) is 25.9 Å². The summed E-state index contributed by atoms with van der Waals surface area (Å²) in [7, 11) is 1.62. The van der Waals surface area contributed by atoms with Crippen LogP contribution in [0, 0.1) is 6.92 Å². The fraction of sp³-hybridized carbons (Fsp3) is 0.500. The van der Waals surface area contributed by atoms with Gasteiger partial charge in [-0.05, 0) is 18.6 Å². The molecule has 2 nitrogen and oxygen atoms in total. The van der Waals surface area contributed by atoms with Crippen LogP contribution in [0.5, 0.6) is 5.75 Å². The summed E-state index contributed by atoms with van der Waals surface area (Å²) in [6, 6.07) is 5.88. The Bertz CT molecular complexity index is 361. The molecule has 1 heterocycles. The molecule has 1 aromatic rings. The zero-order valence-electron chi connectivity index (χ0n) is 9.14. The predicted molar refractivity (Wildman–Crippen MR) is 58.1 cm³/mol. The van der Waals surface area contributed by atoms with Gasteiger partial charge < -0.3 is 10.1 Å². The molecule has 1 aliphatic heterocycles. The third-order valence-corrected chi connectivity index (χ3v) is 2.83. The Morgan fingerprint density at radius 1 is 1.47 bits per heavy atom. The van der Waals surface area contributed by atoms with Crippen molar-refractivity contribution in [2.45, 2.75) is 19.0 Å². The van der Waals surface area contributed by atoms with Crippen molar-refractivity contribution in [3.63, 3.8) is 0 Å². The minimum absolute atomic E-state index is 0.435. The summed E-state index contributed by atoms with van der Waals surface area (Å²) in [5.74, 6) is 0.782. The van der Waals surface area contributed by atoms with Crippen molar-refractivity contribution in [1.82, 2.24) is 5.32 Å². The third kappa shape index (κ3) is 2.12. The third-order valence-electron chi connectivity index (χ3n) is 2.83. The summed E-state index contributed by atoms with van der Waals surface area (Å²) >= 11 is 0. The maximum atomic E-state index is 13.9. The molecular formula is C12H16FNO. The Morgan fingerprint density at radius 3 is 2.73 bits per heavy atom. The molecule has 1 saturated heterocycles. The topological polar surface area (TPSA) is 21.3 Å². The van der Waals surface area contributed by atoms with E-state index in [0.717, 1.165) is 16.9 Å². The van der Waals surface area contributed by atoms with Crippen LogP contribution in [0.15, 0.2) is 18.2 Å². The van der Waals surface area contributed by atoms with Crippen LogP contribution in [0.2, 0.25) is 0 Å². The minimum atomic E-state index is -1.08. The molecule has 1 aromatic carbocycles. The van der Waals surface area contributed by atoms with Gasteiger partial charge in [0.1, 0.15) is 11.4 Å². The van der Waals surface area contributed by atoms with E-state index in [1.807, 2.05) is 25.1 Å². The van der Waals surface area contributed by atoms with Gasteiger partial charge in [0.25, 0.3) is 0 Å². The molecule has 0 aliphatic carbocycles. The van der Waals surface area contributed by atoms with Crippen molar-refractivity contribution in [2.24, 2.45) is 0 Å². The van der Waals surface area contributed by atoms with Gasteiger partial charge in [0, 0.05) is 19.5 Å². The van der Waals surface area contributed by atoms with Crippen LogP contribution < -0.4 is 10.1 Å². The minimum Gasteiger partial charge on any atom is -0.496 e. The second-order valence-electron chi connectivity index (χ2n) is 4.25. The van der Waals surface area contributed by atoms with Crippen LogP contribution in [0.4, 0.5) is 4.39 Å². The van der Waals surface area contributed by atoms with Gasteiger partial charge in [0.05, 0.1) is 7.11 Å². The number of hydrogen-bond donors (Lipinski definition) is 1. The Balaban J connectivity index is 2.21. The van der Waals surface area contributed by atoms with Crippen molar-refractivity contribution in [3.8, 4) is 5.75 Å². The smallest absolute Gasteiger partial charge is 0.139 e. The first-order valence-electron chi connectivity index (χ1n) is 5.16. The first kappa shape index (κ1) is 10.4. The number of ether oxygens (including phenoxy) is 1. The maximum Gasteiger partial charge on any atom is 0.139 e. The number of benzene rings is 1. The molecule has 0 spiro atoms. The molecule has 0 bridgehead atoms. The summed E-state index contributed by atoms with van der Waals surface area (Å²) in [4.78, 5) is 0. The number of nitrogens with one attached hydrogen (secondary N) is 1. The Hall–Kier alpha value is -1.09. The van der Waals surface area contributed by atoms with Crippen molar-refractivity contribution in [1.29, 1.82) is 0 Å². The quantitative estimate of drug-likeness (QED) is 0.820. The largest absolute Gasteiger partial charge is 0.496 e. The molecule has 0 aromatic heterocycles. The lowest BCUT2D eigenvalue weighted by atomic mass is 9.90. The Morgan fingerprint density at radius 2 is 2.20 bits per heavy atom. The van der Waals surface area contributed by atoms with E-state index in [1.54, 1.807) is 7.11 Å². The molecule has 1 N–H and O–H groups in total. The molecule has 0 unspecified atom stereocenters. The highest BCUT2D eigenvalue weighted by Crippen LogP contribution is 2.28. The van der Waals surface area contributed by atoms with Gasteiger partial charge in [0.2, 0.25) is 0 Å². The highest BCUT2D eigenvalue weighted by atomic mass is 19.1. The van der Waals surface area contributed by atoms with E-state index in [0.29, 0.717) is 19.5 Å². The number of aryl methyl sites for hydroxylation is 1. The van der Waals surface area contributed by atoms with Gasteiger partial charge in [0.15, 0.2) is 0 Å². The zero-order valence-corrected chi connectivity index (χ0v) is 9.14. The summed E-state index contributed by atoms with van der Waals surface area (Å²) < 4.78 is 19.1. The van der Waals surface area contributed by atoms with Gasteiger partial charge in [-0.15, -0.1) is 0 Å². The summed E-state index contributed by atoms with van der Waals surface area (Å²) in [5, 5.41) is 2.96. The number of alkyl halides is 1. The molecule has 0 saturated carbocycles. The highest BCUT2D eigenvalue weighted by molar-refractivity contribution is 5.38. The molecule has 1 fully saturated rings. The second kappa shape index (κ2) is 3.81. The van der Waals surface area contributed by atoms with Crippen molar-refractivity contribution < 1.29 is 9.13 Å².